The van der Waals surface area contributed by atoms with Crippen LogP contribution in [-0.4, -0.2) is 21.3 Å². The van der Waals surface area contributed by atoms with E-state index >= 15 is 0 Å². The smallest absolute Gasteiger partial charge is 0.164 e. The van der Waals surface area contributed by atoms with E-state index in [-0.39, 0.29) is 0 Å². The number of nitrogens with two attached hydrogens (primary N) is 1. The van der Waals surface area contributed by atoms with E-state index in [0.717, 1.165) is 37.6 Å². The maximum atomic E-state index is 5.79. The first-order valence-electron chi connectivity index (χ1n) is 6.47. The lowest BCUT2D eigenvalue weighted by molar-refractivity contribution is 0.375. The minimum atomic E-state index is 0.552. The fourth-order valence-corrected chi connectivity index (χ4v) is 2.61. The van der Waals surface area contributed by atoms with Gasteiger partial charge in [-0.15, -0.1) is 10.2 Å². The fraction of sp³-hybridized carbons (Fsp3) is 0.429. The van der Waals surface area contributed by atoms with Crippen molar-refractivity contribution in [2.45, 2.75) is 26.3 Å². The fourth-order valence-electron chi connectivity index (χ4n) is 2.61. The van der Waals surface area contributed by atoms with Gasteiger partial charge in [0, 0.05) is 18.5 Å². The highest BCUT2D eigenvalue weighted by molar-refractivity contribution is 5.60. The average molecular weight is 242 g/mol. The molecule has 2 N–H and O–H groups in total. The molecule has 0 bridgehead atoms. The topological polar surface area (TPSA) is 56.7 Å². The van der Waals surface area contributed by atoms with Crippen LogP contribution in [-0.2, 0) is 13.0 Å². The van der Waals surface area contributed by atoms with E-state index < -0.39 is 0 Å². The van der Waals surface area contributed by atoms with Gasteiger partial charge < -0.3 is 10.3 Å². The molecule has 2 aromatic rings. The molecule has 4 heteroatoms. The Kier molecular flexibility index (Phi) is 2.88. The Bertz CT molecular complexity index is 559. The van der Waals surface area contributed by atoms with Crippen LogP contribution in [0.5, 0.6) is 0 Å². The Morgan fingerprint density at radius 3 is 2.94 bits per heavy atom. The second-order valence-electron chi connectivity index (χ2n) is 5.01. The summed E-state index contributed by atoms with van der Waals surface area (Å²) < 4.78 is 2.24. The molecule has 1 aliphatic rings. The molecular weight excluding hydrogens is 224 g/mol. The van der Waals surface area contributed by atoms with Gasteiger partial charge in [0.25, 0.3) is 0 Å². The molecule has 4 nitrogen and oxygen atoms in total. The summed E-state index contributed by atoms with van der Waals surface area (Å²) in [5, 5.41) is 8.68. The van der Waals surface area contributed by atoms with Gasteiger partial charge in [-0.1, -0.05) is 24.3 Å². The Hall–Kier alpha value is -1.68. The van der Waals surface area contributed by atoms with E-state index in [1.807, 2.05) is 6.07 Å². The predicted octanol–water partition coefficient (Wildman–Crippen LogP) is 1.77. The molecule has 0 saturated carbocycles. The van der Waals surface area contributed by atoms with Crippen LogP contribution in [0.15, 0.2) is 24.3 Å². The zero-order valence-corrected chi connectivity index (χ0v) is 10.6. The molecule has 2 heterocycles. The lowest BCUT2D eigenvalue weighted by Gasteiger charge is -2.23. The van der Waals surface area contributed by atoms with E-state index in [9.17, 15) is 0 Å². The van der Waals surface area contributed by atoms with E-state index in [1.165, 1.54) is 11.1 Å². The highest BCUT2D eigenvalue weighted by Gasteiger charge is 2.22. The molecule has 1 atom stereocenters. The van der Waals surface area contributed by atoms with Gasteiger partial charge in [-0.05, 0) is 31.4 Å². The molecule has 0 saturated heterocycles. The Balaban J connectivity index is 2.05. The number of benzene rings is 1. The summed E-state index contributed by atoms with van der Waals surface area (Å²) in [5.74, 6) is 2.63. The molecule has 0 fully saturated rings. The number of nitrogens with zero attached hydrogens (tertiary/aromatic N) is 3. The van der Waals surface area contributed by atoms with Gasteiger partial charge in [-0.2, -0.15) is 0 Å². The minimum absolute atomic E-state index is 0.552. The molecule has 0 aliphatic carbocycles. The molecule has 0 radical (unpaired) electrons. The first-order valence-corrected chi connectivity index (χ1v) is 6.47. The first-order chi connectivity index (χ1) is 8.79. The molecule has 1 aromatic heterocycles. The van der Waals surface area contributed by atoms with Crippen molar-refractivity contribution in [3.8, 4) is 11.4 Å². The third kappa shape index (κ3) is 1.82. The third-order valence-corrected chi connectivity index (χ3v) is 3.76. The Labute approximate surface area is 107 Å². The zero-order valence-electron chi connectivity index (χ0n) is 10.6. The maximum Gasteiger partial charge on any atom is 0.164 e. The van der Waals surface area contributed by atoms with Crippen molar-refractivity contribution in [3.05, 3.63) is 35.7 Å². The number of hydrogen-bond donors (Lipinski definition) is 1. The van der Waals surface area contributed by atoms with Crippen LogP contribution in [0.1, 0.15) is 17.8 Å². The first kappa shape index (κ1) is 11.4. The number of fused-ring (bicyclic) bond motifs is 1. The largest absolute Gasteiger partial charge is 0.330 e. The van der Waals surface area contributed by atoms with Gasteiger partial charge in [-0.3, -0.25) is 0 Å². The molecule has 3 rings (SSSR count). The minimum Gasteiger partial charge on any atom is -0.330 e. The van der Waals surface area contributed by atoms with Crippen LogP contribution in [0.3, 0.4) is 0 Å². The Morgan fingerprint density at radius 2 is 2.17 bits per heavy atom. The highest BCUT2D eigenvalue weighted by atomic mass is 15.3. The number of hydrogen-bond acceptors (Lipinski definition) is 3. The Morgan fingerprint density at radius 1 is 1.33 bits per heavy atom. The van der Waals surface area contributed by atoms with Gasteiger partial charge in [-0.25, -0.2) is 0 Å². The number of rotatable bonds is 2. The molecule has 18 heavy (non-hydrogen) atoms. The van der Waals surface area contributed by atoms with Crippen LogP contribution in [0.25, 0.3) is 11.4 Å². The van der Waals surface area contributed by atoms with Crippen molar-refractivity contribution in [1.29, 1.82) is 0 Å². The van der Waals surface area contributed by atoms with Gasteiger partial charge >= 0.3 is 0 Å². The normalized spacial score (nSPS) is 18.7. The number of aromatic nitrogens is 3. The van der Waals surface area contributed by atoms with Crippen molar-refractivity contribution >= 4 is 0 Å². The summed E-state index contributed by atoms with van der Waals surface area (Å²) in [4.78, 5) is 0. The standard InChI is InChI=1S/C14H18N4/c1-10-4-2-3-5-12(10)14-17-16-13-7-6-11(8-15)9-18(13)14/h2-5,11H,6-9,15H2,1H3. The van der Waals surface area contributed by atoms with E-state index in [4.69, 9.17) is 5.73 Å². The van der Waals surface area contributed by atoms with Gasteiger partial charge in [0.15, 0.2) is 5.82 Å². The van der Waals surface area contributed by atoms with Crippen LogP contribution in [0.4, 0.5) is 0 Å². The van der Waals surface area contributed by atoms with Crippen molar-refractivity contribution in [3.63, 3.8) is 0 Å². The molecular formula is C14H18N4. The second kappa shape index (κ2) is 4.53. The molecule has 0 amide bonds. The second-order valence-corrected chi connectivity index (χ2v) is 5.01. The lowest BCUT2D eigenvalue weighted by atomic mass is 9.99. The van der Waals surface area contributed by atoms with Crippen molar-refractivity contribution in [2.75, 3.05) is 6.54 Å². The van der Waals surface area contributed by atoms with Crippen molar-refractivity contribution < 1.29 is 0 Å². The van der Waals surface area contributed by atoms with Crippen LogP contribution in [0, 0.1) is 12.8 Å². The van der Waals surface area contributed by atoms with Crippen molar-refractivity contribution in [1.82, 2.24) is 14.8 Å². The summed E-state index contributed by atoms with van der Waals surface area (Å²) in [6, 6.07) is 8.32. The molecule has 94 valence electrons. The monoisotopic (exact) mass is 242 g/mol. The van der Waals surface area contributed by atoms with Gasteiger partial charge in [0.1, 0.15) is 5.82 Å². The van der Waals surface area contributed by atoms with Crippen LogP contribution < -0.4 is 5.73 Å². The van der Waals surface area contributed by atoms with E-state index in [1.54, 1.807) is 0 Å². The van der Waals surface area contributed by atoms with E-state index in [0.29, 0.717) is 5.92 Å². The van der Waals surface area contributed by atoms with Gasteiger partial charge in [0.2, 0.25) is 0 Å². The van der Waals surface area contributed by atoms with Crippen LogP contribution in [0.2, 0.25) is 0 Å². The molecule has 1 aliphatic heterocycles. The number of aryl methyl sites for hydroxylation is 2. The maximum absolute atomic E-state index is 5.79. The molecule has 1 unspecified atom stereocenters. The molecule has 1 aromatic carbocycles. The zero-order chi connectivity index (χ0) is 12.5. The third-order valence-electron chi connectivity index (χ3n) is 3.76. The SMILES string of the molecule is Cc1ccccc1-c1nnc2n1CC(CN)CC2. The summed E-state index contributed by atoms with van der Waals surface area (Å²) in [6.45, 7) is 3.80. The predicted molar refractivity (Wildman–Crippen MR) is 71.1 cm³/mol. The van der Waals surface area contributed by atoms with Crippen LogP contribution >= 0.6 is 0 Å². The summed E-state index contributed by atoms with van der Waals surface area (Å²) >= 11 is 0. The summed E-state index contributed by atoms with van der Waals surface area (Å²) in [7, 11) is 0. The quantitative estimate of drug-likeness (QED) is 0.873. The van der Waals surface area contributed by atoms with E-state index in [2.05, 4.69) is 39.9 Å². The van der Waals surface area contributed by atoms with Crippen molar-refractivity contribution in [2.24, 2.45) is 11.7 Å². The average Bonchev–Trinajstić information content (AvgIpc) is 2.82. The lowest BCUT2D eigenvalue weighted by Crippen LogP contribution is -2.26. The summed E-state index contributed by atoms with van der Waals surface area (Å²) in [6.07, 6.45) is 2.11. The van der Waals surface area contributed by atoms with Gasteiger partial charge in [0.05, 0.1) is 0 Å². The molecule has 0 spiro atoms. The summed E-state index contributed by atoms with van der Waals surface area (Å²) in [5.41, 5.74) is 8.21. The highest BCUT2D eigenvalue weighted by Crippen LogP contribution is 2.27.